The van der Waals surface area contributed by atoms with E-state index in [1.807, 2.05) is 0 Å². The summed E-state index contributed by atoms with van der Waals surface area (Å²) < 4.78 is 0. The van der Waals surface area contributed by atoms with Crippen LogP contribution in [0.1, 0.15) is 69.9 Å². The van der Waals surface area contributed by atoms with Crippen molar-refractivity contribution >= 4 is 0 Å². The van der Waals surface area contributed by atoms with Crippen LogP contribution in [0.4, 0.5) is 0 Å². The Bertz CT molecular complexity index is 941. The minimum Gasteiger partial charge on any atom is -0.393 e. The van der Waals surface area contributed by atoms with Gasteiger partial charge in [-0.15, -0.1) is 0 Å². The number of rotatable bonds is 2. The Balaban J connectivity index is 1.27. The average molecular weight is 420 g/mol. The van der Waals surface area contributed by atoms with Gasteiger partial charge in [0.2, 0.25) is 0 Å². The minimum absolute atomic E-state index is 0.0417. The molecule has 3 saturated carbocycles. The molecular formula is C28H37NO2. The van der Waals surface area contributed by atoms with E-state index >= 15 is 0 Å². The summed E-state index contributed by atoms with van der Waals surface area (Å²) in [6.45, 7) is 7.57. The number of β-amino-alcohol motifs (C(OH)–C–C–N with tert-alkyl or cyclic N) is 1. The highest BCUT2D eigenvalue weighted by molar-refractivity contribution is 5.40. The summed E-state index contributed by atoms with van der Waals surface area (Å²) in [4.78, 5) is 2.47. The van der Waals surface area contributed by atoms with E-state index in [0.717, 1.165) is 58.2 Å². The van der Waals surface area contributed by atoms with Crippen LogP contribution in [0.15, 0.2) is 47.6 Å². The standard InChI is InChI=1S/C28H37NO2/c1-26-12-9-22(30)15-21(26)7-8-23-24(26)10-13-27(2)25(23)11-14-28(27,31)18-29-16-19-5-3-4-6-20(19)17-29/h3-8,22,24-25,30-31H,9-18H2,1-2H3/t22-,24-,25-,26-,27-,28+/m0/s1. The van der Waals surface area contributed by atoms with E-state index in [1.54, 1.807) is 5.57 Å². The Labute approximate surface area is 186 Å². The topological polar surface area (TPSA) is 43.7 Å². The van der Waals surface area contributed by atoms with Gasteiger partial charge >= 0.3 is 0 Å². The third-order valence-electron chi connectivity index (χ3n) is 10.3. The molecule has 1 aromatic rings. The largest absolute Gasteiger partial charge is 0.393 e. The highest BCUT2D eigenvalue weighted by atomic mass is 16.3. The number of aliphatic hydroxyl groups excluding tert-OH is 1. The summed E-state index contributed by atoms with van der Waals surface area (Å²) >= 11 is 0. The molecule has 1 aliphatic heterocycles. The first-order valence-electron chi connectivity index (χ1n) is 12.4. The van der Waals surface area contributed by atoms with Gasteiger partial charge in [0.05, 0.1) is 11.7 Å². The van der Waals surface area contributed by atoms with Crippen LogP contribution in [0.5, 0.6) is 0 Å². The summed E-state index contributed by atoms with van der Waals surface area (Å²) in [6.07, 6.45) is 11.8. The summed E-state index contributed by atoms with van der Waals surface area (Å²) in [5.74, 6) is 1.08. The summed E-state index contributed by atoms with van der Waals surface area (Å²) in [7, 11) is 0. The van der Waals surface area contributed by atoms with Gasteiger partial charge in [-0.2, -0.15) is 0 Å². The van der Waals surface area contributed by atoms with Crippen LogP contribution in [0, 0.1) is 22.7 Å². The second-order valence-corrected chi connectivity index (χ2v) is 11.7. The number of fused-ring (bicyclic) bond motifs is 6. The van der Waals surface area contributed by atoms with Gasteiger partial charge in [-0.1, -0.05) is 61.4 Å². The lowest BCUT2D eigenvalue weighted by atomic mass is 9.50. The maximum Gasteiger partial charge on any atom is 0.0833 e. The summed E-state index contributed by atoms with van der Waals surface area (Å²) in [6, 6.07) is 8.74. The average Bonchev–Trinajstić information content (AvgIpc) is 3.26. The number of benzene rings is 1. The van der Waals surface area contributed by atoms with Crippen LogP contribution in [-0.4, -0.2) is 33.4 Å². The third-order valence-corrected chi connectivity index (χ3v) is 10.3. The number of allylic oxidation sites excluding steroid dienone is 3. The highest BCUT2D eigenvalue weighted by Crippen LogP contribution is 2.66. The molecular weight excluding hydrogens is 382 g/mol. The van der Waals surface area contributed by atoms with Gasteiger partial charge in [0.15, 0.2) is 0 Å². The Kier molecular flexibility index (Phi) is 4.43. The fraction of sp³-hybridized carbons (Fsp3) is 0.643. The minimum atomic E-state index is -0.612. The quantitative estimate of drug-likeness (QED) is 0.711. The van der Waals surface area contributed by atoms with Gasteiger partial charge in [-0.05, 0) is 73.3 Å². The predicted octanol–water partition coefficient (Wildman–Crippen LogP) is 4.98. The van der Waals surface area contributed by atoms with Crippen LogP contribution in [0.2, 0.25) is 0 Å². The van der Waals surface area contributed by atoms with Gasteiger partial charge in [-0.25, -0.2) is 0 Å². The van der Waals surface area contributed by atoms with Crippen molar-refractivity contribution < 1.29 is 10.2 Å². The zero-order chi connectivity index (χ0) is 21.4. The molecule has 31 heavy (non-hydrogen) atoms. The lowest BCUT2D eigenvalue weighted by molar-refractivity contribution is -0.103. The lowest BCUT2D eigenvalue weighted by Crippen LogP contribution is -2.55. The molecule has 6 atom stereocenters. The van der Waals surface area contributed by atoms with E-state index in [1.165, 1.54) is 23.1 Å². The molecule has 0 spiro atoms. The van der Waals surface area contributed by atoms with Gasteiger partial charge in [0.25, 0.3) is 0 Å². The van der Waals surface area contributed by atoms with Crippen molar-refractivity contribution in [2.75, 3.05) is 6.54 Å². The van der Waals surface area contributed by atoms with Crippen molar-refractivity contribution in [3.8, 4) is 0 Å². The predicted molar refractivity (Wildman–Crippen MR) is 123 cm³/mol. The Hall–Kier alpha value is -1.42. The smallest absolute Gasteiger partial charge is 0.0833 e. The molecule has 0 bridgehead atoms. The molecule has 2 N–H and O–H groups in total. The van der Waals surface area contributed by atoms with E-state index in [2.05, 4.69) is 55.2 Å². The van der Waals surface area contributed by atoms with Crippen LogP contribution >= 0.6 is 0 Å². The summed E-state index contributed by atoms with van der Waals surface area (Å²) in [5, 5.41) is 22.3. The zero-order valence-electron chi connectivity index (χ0n) is 19.1. The maximum atomic E-state index is 12.1. The number of hydrogen-bond donors (Lipinski definition) is 2. The van der Waals surface area contributed by atoms with E-state index in [9.17, 15) is 10.2 Å². The molecule has 3 fully saturated rings. The molecule has 3 heteroatoms. The summed E-state index contributed by atoms with van der Waals surface area (Å²) in [5.41, 5.74) is 5.48. The Morgan fingerprint density at radius 2 is 1.65 bits per heavy atom. The van der Waals surface area contributed by atoms with Crippen molar-refractivity contribution in [3.05, 3.63) is 58.7 Å². The molecule has 0 aromatic heterocycles. The van der Waals surface area contributed by atoms with Gasteiger partial charge in [0.1, 0.15) is 0 Å². The van der Waals surface area contributed by atoms with E-state index in [0.29, 0.717) is 11.8 Å². The van der Waals surface area contributed by atoms with Crippen LogP contribution in [-0.2, 0) is 13.1 Å². The second-order valence-electron chi connectivity index (χ2n) is 11.7. The highest BCUT2D eigenvalue weighted by Gasteiger charge is 2.62. The third kappa shape index (κ3) is 2.82. The van der Waals surface area contributed by atoms with Crippen LogP contribution in [0.3, 0.4) is 0 Å². The molecule has 1 aromatic carbocycles. The SMILES string of the molecule is C[C@]12CC[C@H](O)CC1=CC=C1[C@@H]2CC[C@@]2(C)[C@H]1CC[C@@]2(O)CN1Cc2ccccc2C1. The monoisotopic (exact) mass is 419 g/mol. The maximum absolute atomic E-state index is 12.1. The molecule has 5 aliphatic rings. The van der Waals surface area contributed by atoms with Crippen molar-refractivity contribution in [2.45, 2.75) is 83.6 Å². The fourth-order valence-electron chi connectivity index (χ4n) is 8.24. The molecule has 0 amide bonds. The lowest BCUT2D eigenvalue weighted by Gasteiger charge is -2.56. The first-order valence-corrected chi connectivity index (χ1v) is 12.4. The van der Waals surface area contributed by atoms with E-state index in [4.69, 9.17) is 0 Å². The normalized spacial score (nSPS) is 44.1. The molecule has 4 aliphatic carbocycles. The van der Waals surface area contributed by atoms with E-state index in [-0.39, 0.29) is 16.9 Å². The molecule has 166 valence electrons. The molecule has 0 radical (unpaired) electrons. The van der Waals surface area contributed by atoms with Gasteiger partial charge in [0, 0.05) is 25.0 Å². The first kappa shape index (κ1) is 20.2. The molecule has 0 unspecified atom stereocenters. The first-order chi connectivity index (χ1) is 14.8. The molecule has 0 saturated heterocycles. The number of nitrogens with zero attached hydrogens (tertiary/aromatic N) is 1. The zero-order valence-corrected chi connectivity index (χ0v) is 19.1. The Morgan fingerprint density at radius 1 is 0.935 bits per heavy atom. The van der Waals surface area contributed by atoms with Crippen molar-refractivity contribution in [3.63, 3.8) is 0 Å². The fourth-order valence-corrected chi connectivity index (χ4v) is 8.24. The van der Waals surface area contributed by atoms with Crippen molar-refractivity contribution in [1.29, 1.82) is 0 Å². The number of hydrogen-bond acceptors (Lipinski definition) is 3. The second kappa shape index (κ2) is 6.79. The van der Waals surface area contributed by atoms with Crippen LogP contribution in [0.25, 0.3) is 0 Å². The molecule has 3 nitrogen and oxygen atoms in total. The van der Waals surface area contributed by atoms with Crippen molar-refractivity contribution in [1.82, 2.24) is 4.90 Å². The Morgan fingerprint density at radius 3 is 2.39 bits per heavy atom. The van der Waals surface area contributed by atoms with Gasteiger partial charge < -0.3 is 10.2 Å². The van der Waals surface area contributed by atoms with Crippen molar-refractivity contribution in [2.24, 2.45) is 22.7 Å². The molecule has 6 rings (SSSR count). The van der Waals surface area contributed by atoms with E-state index < -0.39 is 5.60 Å². The van der Waals surface area contributed by atoms with Crippen LogP contribution < -0.4 is 0 Å². The van der Waals surface area contributed by atoms with Gasteiger partial charge in [-0.3, -0.25) is 4.90 Å². The molecule has 1 heterocycles. The number of aliphatic hydroxyl groups is 2.